The van der Waals surface area contributed by atoms with E-state index in [-0.39, 0.29) is 61.9 Å². The van der Waals surface area contributed by atoms with Crippen molar-refractivity contribution < 1.29 is 146 Å². The Morgan fingerprint density at radius 2 is 1.04 bits per heavy atom. The molecular weight excluding hydrogens is 1730 g/mol. The van der Waals surface area contributed by atoms with E-state index in [2.05, 4.69) is 52.6 Å². The van der Waals surface area contributed by atoms with Gasteiger partial charge in [-0.1, -0.05) is 115 Å². The Hall–Kier alpha value is -10.7. The van der Waals surface area contributed by atoms with Crippen molar-refractivity contribution in [3.63, 3.8) is 0 Å². The van der Waals surface area contributed by atoms with Gasteiger partial charge >= 0.3 is 30.0 Å². The van der Waals surface area contributed by atoms with Crippen LogP contribution in [0.3, 0.4) is 0 Å². The molecule has 0 saturated carbocycles. The fourth-order valence-electron chi connectivity index (χ4n) is 14.2. The highest BCUT2D eigenvalue weighted by Crippen LogP contribution is 2.36. The second kappa shape index (κ2) is 47.7. The molecule has 0 bridgehead atoms. The lowest BCUT2D eigenvalue weighted by molar-refractivity contribution is -0.328. The third kappa shape index (κ3) is 28.4. The summed E-state index contributed by atoms with van der Waals surface area (Å²) in [4.78, 5) is 214. The second-order valence-corrected chi connectivity index (χ2v) is 32.9. The van der Waals surface area contributed by atoms with Crippen LogP contribution in [0.5, 0.6) is 0 Å². The van der Waals surface area contributed by atoms with Crippen LogP contribution in [0.15, 0.2) is 96.1 Å². The number of carbonyl (C=O) groups excluding carboxylic acids is 14. The number of alkyl carbamates (subject to hydrolysis) is 1. The minimum Gasteiger partial charge on any atom is -0.481 e. The number of aliphatic hydroxyl groups excluding tert-OH is 6. The number of hydrogen-bond donors (Lipinski definition) is 16. The van der Waals surface area contributed by atoms with E-state index in [1.807, 2.05) is 0 Å². The van der Waals surface area contributed by atoms with Crippen molar-refractivity contribution in [2.24, 2.45) is 16.8 Å². The van der Waals surface area contributed by atoms with Gasteiger partial charge in [0, 0.05) is 31.3 Å². The number of carboxylic acid groups (broad SMARTS) is 1. The highest BCUT2D eigenvalue weighted by molar-refractivity contribution is 6.67. The predicted molar refractivity (Wildman–Crippen MR) is 436 cm³/mol. The number of esters is 3. The van der Waals surface area contributed by atoms with Crippen molar-refractivity contribution in [3.8, 4) is 0 Å². The topological polar surface area (TPSA) is 649 Å². The average Bonchev–Trinajstić information content (AvgIpc) is 1.08. The Morgan fingerprint density at radius 1 is 0.587 bits per heavy atom. The molecular formula is C79H105Cl3N14O30. The molecule has 11 amide bonds. The molecule has 4 aliphatic rings. The lowest BCUT2D eigenvalue weighted by Gasteiger charge is -2.48. The summed E-state index contributed by atoms with van der Waals surface area (Å²) in [6.07, 6.45) is -28.7. The van der Waals surface area contributed by atoms with E-state index in [1.165, 1.54) is 79.7 Å². The SMILES string of the molecule is CC[C@H](C)[C@H](NC(=O)[C@@H]1CCCN1C(=O)[C@@H](NC(=O)[C@@H](NC(=O)[C@@H](NC(=O)[C@@H]1CCCN1C(=O)[C@H](CCC(=O)O)NC(C)=O)[C@@H](C)O)[C@@H](C)O[C@H]1O[C@H](CO)[C@H](O)[C@H](O[C@@H]2O[C@H](COC(=O)c3ccccc3)[C@H](OC(=O)c3ccccc3)[C@H](OC(=O)c3ccccc3)[C@H]2NC(=O)OCC(Cl)(Cl)Cl)[C@H]1N=[N+]=[N-])[C@@H](C)O)C(=O)N[C@H](C(=O)N[C@H](C(N)=O)[C@@H](C)O)[C@@H](C)O. The van der Waals surface area contributed by atoms with Gasteiger partial charge in [-0.05, 0) is 115 Å². The molecule has 0 aromatic heterocycles. The molecule has 3 aromatic carbocycles. The van der Waals surface area contributed by atoms with Crippen LogP contribution in [0.4, 0.5) is 4.79 Å². The quantitative estimate of drug-likeness (QED) is 0.00755. The summed E-state index contributed by atoms with van der Waals surface area (Å²) in [5, 5.41) is 99.5. The number of nitrogens with two attached hydrogens (primary N) is 1. The van der Waals surface area contributed by atoms with Gasteiger partial charge in [0.05, 0.1) is 53.8 Å². The highest BCUT2D eigenvalue weighted by Gasteiger charge is 2.57. The number of rotatable bonds is 41. The first-order valence-corrected chi connectivity index (χ1v) is 41.3. The van der Waals surface area contributed by atoms with E-state index in [1.54, 1.807) is 25.1 Å². The van der Waals surface area contributed by atoms with Gasteiger partial charge in [-0.2, -0.15) is 0 Å². The standard InChI is InChI=1S/C79H105Cl3N14O30/c1-9-36(2)52(67(109)89-55(39(5)100)68(110)87-53(37(3)98)64(83)106)86-65(107)48-28-20-32-96(48)72(114)56(40(6)101)90-70(112)57(91-69(111)54(38(4)99)88-66(108)47-27-19-31-95(47)71(113)46(85-42(8)102)29-30-51(103)104)41(7)121-77-59(93-94-84)62(60(105)49(33-97)122-77)126-76-58(92-78(118)120-35-79(80,81)82)63(125-75(117)45-25-17-12-18-26-45)61(124-74(116)44-23-15-11-16-24-44)50(123-76)34-119-73(115)43-21-13-10-14-22-43/h10-18,21-26,36-41,46-50,52-63,76-77,97-101,105H,9,19-20,27-35H2,1-8H3,(H2,83,106)(H,85,102)(H,86,107)(H,87,110)(H,88,108)(H,89,109)(H,90,112)(H,91,111)(H,92,118)(H,103,104)/t36-,37+,38+,39+,40+,41+,46-,47-,48-,49+,50+,52-,53-,54-,55-,56-,57-,58+,59+,60-,61-,62+,63+,76-,77-/m0/s1. The number of aliphatic hydroxyl groups is 6. The third-order valence-corrected chi connectivity index (χ3v) is 21.3. The van der Waals surface area contributed by atoms with E-state index in [0.29, 0.717) is 0 Å². The minimum absolute atomic E-state index is 0.0228. The van der Waals surface area contributed by atoms with Gasteiger partial charge in [-0.3, -0.25) is 52.7 Å². The normalized spacial score (nSPS) is 24.2. The smallest absolute Gasteiger partial charge is 0.407 e. The number of aliphatic carboxylic acids is 1. The first kappa shape index (κ1) is 102. The van der Waals surface area contributed by atoms with E-state index in [0.717, 1.165) is 51.3 Å². The van der Waals surface area contributed by atoms with Crippen LogP contribution in [0, 0.1) is 5.92 Å². The van der Waals surface area contributed by atoms with E-state index in [4.69, 9.17) is 78.4 Å². The van der Waals surface area contributed by atoms with E-state index in [9.17, 15) is 98.8 Å². The number of likely N-dealkylation sites (tertiary alicyclic amines) is 2. The summed E-state index contributed by atoms with van der Waals surface area (Å²) < 4.78 is 46.5. The Balaban J connectivity index is 1.30. The van der Waals surface area contributed by atoms with Gasteiger partial charge in [0.1, 0.15) is 104 Å². The maximum absolute atomic E-state index is 15.6. The van der Waals surface area contributed by atoms with Gasteiger partial charge in [-0.25, -0.2) is 19.2 Å². The zero-order valence-corrected chi connectivity index (χ0v) is 71.8. The van der Waals surface area contributed by atoms with Crippen LogP contribution < -0.4 is 48.3 Å². The number of ether oxygens (including phenoxy) is 8. The second-order valence-electron chi connectivity index (χ2n) is 30.4. The van der Waals surface area contributed by atoms with Crippen molar-refractivity contribution in [1.82, 2.24) is 52.3 Å². The molecule has 44 nitrogen and oxygen atoms in total. The van der Waals surface area contributed by atoms with Crippen molar-refractivity contribution >= 4 is 124 Å². The molecule has 4 heterocycles. The van der Waals surface area contributed by atoms with Crippen molar-refractivity contribution in [3.05, 3.63) is 118 Å². The summed E-state index contributed by atoms with van der Waals surface area (Å²) >= 11 is 18.0. The number of azide groups is 1. The number of carbonyl (C=O) groups is 15. The number of primary amides is 1. The fourth-order valence-corrected chi connectivity index (χ4v) is 14.3. The lowest BCUT2D eigenvalue weighted by atomic mass is 9.94. The van der Waals surface area contributed by atoms with Crippen LogP contribution in [0.1, 0.15) is 131 Å². The summed E-state index contributed by atoms with van der Waals surface area (Å²) in [6, 6.07) is 1.11. The molecule has 47 heteroatoms. The summed E-state index contributed by atoms with van der Waals surface area (Å²) in [6.45, 7) is 6.03. The maximum atomic E-state index is 15.6. The number of nitrogens with zero attached hydrogens (tertiary/aromatic N) is 5. The Bertz CT molecular complexity index is 4350. The Morgan fingerprint density at radius 3 is 1.52 bits per heavy atom. The molecule has 692 valence electrons. The zero-order valence-electron chi connectivity index (χ0n) is 69.5. The zero-order chi connectivity index (χ0) is 93.3. The summed E-state index contributed by atoms with van der Waals surface area (Å²) in [5.41, 5.74) is 15.6. The van der Waals surface area contributed by atoms with Crippen molar-refractivity contribution in [2.45, 2.75) is 250 Å². The Labute approximate surface area is 736 Å². The van der Waals surface area contributed by atoms with Crippen LogP contribution in [0.2, 0.25) is 0 Å². The third-order valence-electron chi connectivity index (χ3n) is 20.9. The molecule has 4 saturated heterocycles. The summed E-state index contributed by atoms with van der Waals surface area (Å²) in [5.74, 6) is -16.7. The minimum atomic E-state index is -2.37. The first-order chi connectivity index (χ1) is 59.5. The number of halogens is 3. The molecule has 0 spiro atoms. The molecule has 0 radical (unpaired) electrons. The predicted octanol–water partition coefficient (Wildman–Crippen LogP) is -1.65. The highest BCUT2D eigenvalue weighted by atomic mass is 35.6. The van der Waals surface area contributed by atoms with Crippen molar-refractivity contribution in [1.29, 1.82) is 0 Å². The lowest BCUT2D eigenvalue weighted by Crippen LogP contribution is -2.69. The Kier molecular flexibility index (Phi) is 38.8. The molecule has 0 aliphatic carbocycles. The number of alkyl halides is 3. The number of carboxylic acids is 1. The number of nitrogens with one attached hydrogen (secondary N) is 8. The first-order valence-electron chi connectivity index (χ1n) is 40.1. The molecule has 25 atom stereocenters. The van der Waals surface area contributed by atoms with Gasteiger partial charge in [-0.15, -0.1) is 0 Å². The monoisotopic (exact) mass is 1830 g/mol. The summed E-state index contributed by atoms with van der Waals surface area (Å²) in [7, 11) is 0. The molecule has 0 unspecified atom stereocenters. The number of benzene rings is 3. The van der Waals surface area contributed by atoms with Gasteiger partial charge in [0.15, 0.2) is 24.8 Å². The van der Waals surface area contributed by atoms with Crippen LogP contribution in [-0.4, -0.2) is 317 Å². The average molecular weight is 1840 g/mol. The maximum Gasteiger partial charge on any atom is 0.407 e. The fraction of sp³-hybridized carbons (Fsp3) is 0.582. The molecule has 126 heavy (non-hydrogen) atoms. The van der Waals surface area contributed by atoms with E-state index < -0.39 is 278 Å². The van der Waals surface area contributed by atoms with Crippen LogP contribution in [0.25, 0.3) is 10.4 Å². The molecule has 4 fully saturated rings. The van der Waals surface area contributed by atoms with Gasteiger partial charge in [0.2, 0.25) is 62.9 Å². The number of hydrogen-bond acceptors (Lipinski definition) is 30. The van der Waals surface area contributed by atoms with E-state index >= 15 is 14.4 Å². The van der Waals surface area contributed by atoms with Crippen LogP contribution in [-0.2, 0) is 90.6 Å². The van der Waals surface area contributed by atoms with Gasteiger partial charge < -0.3 is 132 Å². The molecule has 17 N–H and O–H groups in total. The van der Waals surface area contributed by atoms with Gasteiger partial charge in [0.25, 0.3) is 0 Å². The molecule has 7 rings (SSSR count). The number of amides is 11. The molecule has 3 aromatic rings. The van der Waals surface area contributed by atoms with Crippen molar-refractivity contribution in [2.75, 3.05) is 32.9 Å². The largest absolute Gasteiger partial charge is 0.481 e. The van der Waals surface area contributed by atoms with Crippen LogP contribution >= 0.6 is 34.8 Å². The molecule has 4 aliphatic heterocycles.